The van der Waals surface area contributed by atoms with Gasteiger partial charge in [0.15, 0.2) is 0 Å². The topological polar surface area (TPSA) is 30.5 Å². The SMILES string of the molecule is CCNC(COC)COCCC1CCC1. The average molecular weight is 215 g/mol. The lowest BCUT2D eigenvalue weighted by molar-refractivity contribution is 0.0622. The fraction of sp³-hybridized carbons (Fsp3) is 1.00. The van der Waals surface area contributed by atoms with Crippen LogP contribution in [0.25, 0.3) is 0 Å². The van der Waals surface area contributed by atoms with Gasteiger partial charge in [-0.2, -0.15) is 0 Å². The van der Waals surface area contributed by atoms with Crippen molar-refractivity contribution in [2.45, 2.75) is 38.6 Å². The monoisotopic (exact) mass is 215 g/mol. The van der Waals surface area contributed by atoms with Gasteiger partial charge in [-0.05, 0) is 18.9 Å². The molecule has 0 spiro atoms. The third kappa shape index (κ3) is 5.50. The Labute approximate surface area is 93.5 Å². The summed E-state index contributed by atoms with van der Waals surface area (Å²) in [5.74, 6) is 0.949. The molecule has 1 saturated carbocycles. The maximum absolute atomic E-state index is 5.66. The zero-order valence-corrected chi connectivity index (χ0v) is 10.1. The number of hydrogen-bond acceptors (Lipinski definition) is 3. The van der Waals surface area contributed by atoms with Gasteiger partial charge in [-0.3, -0.25) is 0 Å². The molecule has 0 bridgehead atoms. The van der Waals surface area contributed by atoms with E-state index < -0.39 is 0 Å². The number of likely N-dealkylation sites (N-methyl/N-ethyl adjacent to an activating group) is 1. The number of rotatable bonds is 9. The van der Waals surface area contributed by atoms with Gasteiger partial charge >= 0.3 is 0 Å². The molecule has 0 radical (unpaired) electrons. The highest BCUT2D eigenvalue weighted by Crippen LogP contribution is 2.29. The van der Waals surface area contributed by atoms with E-state index in [0.29, 0.717) is 6.04 Å². The summed E-state index contributed by atoms with van der Waals surface area (Å²) in [7, 11) is 1.73. The molecule has 15 heavy (non-hydrogen) atoms. The molecule has 1 fully saturated rings. The molecule has 1 aliphatic rings. The molecule has 1 unspecified atom stereocenters. The highest BCUT2D eigenvalue weighted by atomic mass is 16.5. The zero-order chi connectivity index (χ0) is 10.9. The lowest BCUT2D eigenvalue weighted by atomic mass is 9.83. The highest BCUT2D eigenvalue weighted by Gasteiger charge is 2.16. The van der Waals surface area contributed by atoms with Crippen LogP contribution in [-0.2, 0) is 9.47 Å². The van der Waals surface area contributed by atoms with E-state index in [9.17, 15) is 0 Å². The Morgan fingerprint density at radius 3 is 2.67 bits per heavy atom. The molecule has 90 valence electrons. The first-order chi connectivity index (χ1) is 7.36. The van der Waals surface area contributed by atoms with Crippen LogP contribution < -0.4 is 5.32 Å². The van der Waals surface area contributed by atoms with Crippen LogP contribution in [0.4, 0.5) is 0 Å². The third-order valence-corrected chi connectivity index (χ3v) is 3.07. The Hall–Kier alpha value is -0.120. The molecule has 0 heterocycles. The van der Waals surface area contributed by atoms with Crippen molar-refractivity contribution < 1.29 is 9.47 Å². The van der Waals surface area contributed by atoms with Crippen molar-refractivity contribution in [1.29, 1.82) is 0 Å². The fourth-order valence-corrected chi connectivity index (χ4v) is 1.91. The Balaban J connectivity index is 1.94. The molecule has 1 aliphatic carbocycles. The Bertz CT molecular complexity index is 143. The van der Waals surface area contributed by atoms with Gasteiger partial charge in [0.1, 0.15) is 0 Å². The highest BCUT2D eigenvalue weighted by molar-refractivity contribution is 4.69. The van der Waals surface area contributed by atoms with E-state index in [1.807, 2.05) is 0 Å². The summed E-state index contributed by atoms with van der Waals surface area (Å²) in [6.45, 7) is 5.50. The lowest BCUT2D eigenvalue weighted by Gasteiger charge is -2.25. The molecule has 1 N–H and O–H groups in total. The molecule has 0 aromatic rings. The van der Waals surface area contributed by atoms with E-state index in [-0.39, 0.29) is 0 Å². The predicted molar refractivity (Wildman–Crippen MR) is 62.1 cm³/mol. The first-order valence-corrected chi connectivity index (χ1v) is 6.16. The van der Waals surface area contributed by atoms with E-state index in [0.717, 1.165) is 32.3 Å². The second-order valence-electron chi connectivity index (χ2n) is 4.37. The number of methoxy groups -OCH3 is 1. The largest absolute Gasteiger partial charge is 0.383 e. The minimum Gasteiger partial charge on any atom is -0.383 e. The van der Waals surface area contributed by atoms with Crippen LogP contribution in [0.2, 0.25) is 0 Å². The van der Waals surface area contributed by atoms with Gasteiger partial charge < -0.3 is 14.8 Å². The van der Waals surface area contributed by atoms with E-state index in [1.54, 1.807) is 7.11 Å². The summed E-state index contributed by atoms with van der Waals surface area (Å²) in [5.41, 5.74) is 0. The van der Waals surface area contributed by atoms with Crippen molar-refractivity contribution in [3.8, 4) is 0 Å². The van der Waals surface area contributed by atoms with Gasteiger partial charge in [0.25, 0.3) is 0 Å². The van der Waals surface area contributed by atoms with Crippen LogP contribution >= 0.6 is 0 Å². The second-order valence-corrected chi connectivity index (χ2v) is 4.37. The van der Waals surface area contributed by atoms with Gasteiger partial charge in [-0.25, -0.2) is 0 Å². The Morgan fingerprint density at radius 1 is 1.33 bits per heavy atom. The van der Waals surface area contributed by atoms with Crippen molar-refractivity contribution in [1.82, 2.24) is 5.32 Å². The van der Waals surface area contributed by atoms with Gasteiger partial charge in [-0.15, -0.1) is 0 Å². The minimum absolute atomic E-state index is 0.349. The molecule has 1 rings (SSSR count). The summed E-state index contributed by atoms with van der Waals surface area (Å²) in [5, 5.41) is 3.35. The smallest absolute Gasteiger partial charge is 0.0642 e. The van der Waals surface area contributed by atoms with E-state index >= 15 is 0 Å². The van der Waals surface area contributed by atoms with Crippen molar-refractivity contribution in [3.63, 3.8) is 0 Å². The first-order valence-electron chi connectivity index (χ1n) is 6.16. The van der Waals surface area contributed by atoms with Crippen LogP contribution in [0.5, 0.6) is 0 Å². The number of ether oxygens (including phenoxy) is 2. The lowest BCUT2D eigenvalue weighted by Crippen LogP contribution is -2.37. The van der Waals surface area contributed by atoms with Crippen molar-refractivity contribution >= 4 is 0 Å². The maximum Gasteiger partial charge on any atom is 0.0642 e. The first kappa shape index (κ1) is 12.9. The standard InChI is InChI=1S/C12H25NO2/c1-3-13-12(9-14-2)10-15-8-7-11-5-4-6-11/h11-13H,3-10H2,1-2H3. The number of nitrogens with one attached hydrogen (secondary N) is 1. The van der Waals surface area contributed by atoms with E-state index in [4.69, 9.17) is 9.47 Å². The summed E-state index contributed by atoms with van der Waals surface area (Å²) < 4.78 is 10.8. The van der Waals surface area contributed by atoms with E-state index in [2.05, 4.69) is 12.2 Å². The van der Waals surface area contributed by atoms with Crippen LogP contribution in [0.15, 0.2) is 0 Å². The molecule has 0 aliphatic heterocycles. The Morgan fingerprint density at radius 2 is 2.13 bits per heavy atom. The van der Waals surface area contributed by atoms with Crippen molar-refractivity contribution in [2.24, 2.45) is 5.92 Å². The summed E-state index contributed by atoms with van der Waals surface area (Å²) in [6, 6.07) is 0.349. The molecule has 0 aromatic carbocycles. The minimum atomic E-state index is 0.349. The molecule has 0 saturated heterocycles. The van der Waals surface area contributed by atoms with E-state index in [1.165, 1.54) is 25.7 Å². The zero-order valence-electron chi connectivity index (χ0n) is 10.1. The van der Waals surface area contributed by atoms with Crippen molar-refractivity contribution in [2.75, 3.05) is 33.5 Å². The molecule has 3 heteroatoms. The molecule has 1 atom stereocenters. The van der Waals surface area contributed by atoms with Gasteiger partial charge in [-0.1, -0.05) is 26.2 Å². The molecule has 0 amide bonds. The summed E-state index contributed by atoms with van der Waals surface area (Å²) >= 11 is 0. The second kappa shape index (κ2) is 8.08. The van der Waals surface area contributed by atoms with Crippen LogP contribution in [0.3, 0.4) is 0 Å². The van der Waals surface area contributed by atoms with Gasteiger partial charge in [0.05, 0.1) is 19.3 Å². The third-order valence-electron chi connectivity index (χ3n) is 3.07. The molecular weight excluding hydrogens is 190 g/mol. The number of hydrogen-bond donors (Lipinski definition) is 1. The predicted octanol–water partition coefficient (Wildman–Crippen LogP) is 1.82. The van der Waals surface area contributed by atoms with Crippen LogP contribution in [-0.4, -0.2) is 39.5 Å². The summed E-state index contributed by atoms with van der Waals surface area (Å²) in [6.07, 6.45) is 5.50. The Kier molecular flexibility index (Phi) is 6.98. The molecule has 0 aromatic heterocycles. The van der Waals surface area contributed by atoms with Crippen LogP contribution in [0.1, 0.15) is 32.6 Å². The molecular formula is C12H25NO2. The quantitative estimate of drug-likeness (QED) is 0.595. The van der Waals surface area contributed by atoms with Gasteiger partial charge in [0.2, 0.25) is 0 Å². The van der Waals surface area contributed by atoms with Gasteiger partial charge in [0, 0.05) is 13.7 Å². The average Bonchev–Trinajstić information content (AvgIpc) is 2.15. The fourth-order valence-electron chi connectivity index (χ4n) is 1.91. The summed E-state index contributed by atoms with van der Waals surface area (Å²) in [4.78, 5) is 0. The van der Waals surface area contributed by atoms with Crippen LogP contribution in [0, 0.1) is 5.92 Å². The normalized spacial score (nSPS) is 18.8. The maximum atomic E-state index is 5.66. The molecule has 3 nitrogen and oxygen atoms in total. The van der Waals surface area contributed by atoms with Crippen molar-refractivity contribution in [3.05, 3.63) is 0 Å².